The average Bonchev–Trinajstić information content (AvgIpc) is 3.16. The van der Waals surface area contributed by atoms with E-state index >= 15 is 0 Å². The van der Waals surface area contributed by atoms with E-state index in [4.69, 9.17) is 16.3 Å². The smallest absolute Gasteiger partial charge is 0.255 e. The predicted molar refractivity (Wildman–Crippen MR) is 111 cm³/mol. The molecule has 140 valence electrons. The van der Waals surface area contributed by atoms with Crippen LogP contribution in [-0.2, 0) is 6.42 Å². The van der Waals surface area contributed by atoms with E-state index in [0.717, 1.165) is 22.7 Å². The summed E-state index contributed by atoms with van der Waals surface area (Å²) in [5, 5.41) is 6.63. The van der Waals surface area contributed by atoms with E-state index in [-0.39, 0.29) is 5.91 Å². The minimum absolute atomic E-state index is 0.130. The fourth-order valence-electron chi connectivity index (χ4n) is 2.54. The fourth-order valence-corrected chi connectivity index (χ4v) is 3.52. The number of nitrogens with zero attached hydrogens (tertiary/aromatic N) is 1. The standard InChI is InChI=1S/C21H21ClN2O2S/c1-2-13-26-19-6-4-3-5-18(19)20(25)23-12-11-17-14-27-21(24-17)15-7-9-16(22)10-8-15/h3-10,14H,2,11-13H2,1H3,(H,23,25). The van der Waals surface area contributed by atoms with Crippen molar-refractivity contribution in [2.45, 2.75) is 19.8 Å². The number of rotatable bonds is 8. The van der Waals surface area contributed by atoms with Crippen LogP contribution in [0.25, 0.3) is 10.6 Å². The van der Waals surface area contributed by atoms with E-state index in [1.807, 2.05) is 54.8 Å². The average molecular weight is 401 g/mol. The Bertz CT molecular complexity index is 893. The highest BCUT2D eigenvalue weighted by molar-refractivity contribution is 7.13. The van der Waals surface area contributed by atoms with Crippen molar-refractivity contribution in [3.63, 3.8) is 0 Å². The summed E-state index contributed by atoms with van der Waals surface area (Å²) in [6.07, 6.45) is 1.57. The van der Waals surface area contributed by atoms with E-state index in [1.165, 1.54) is 0 Å². The van der Waals surface area contributed by atoms with Gasteiger partial charge in [-0.3, -0.25) is 4.79 Å². The van der Waals surface area contributed by atoms with Crippen LogP contribution >= 0.6 is 22.9 Å². The molecule has 3 rings (SSSR count). The molecule has 0 saturated heterocycles. The molecule has 3 aromatic rings. The molecule has 1 amide bonds. The maximum absolute atomic E-state index is 12.5. The number of benzene rings is 2. The van der Waals surface area contributed by atoms with Crippen molar-refractivity contribution in [1.29, 1.82) is 0 Å². The van der Waals surface area contributed by atoms with Gasteiger partial charge in [0.2, 0.25) is 0 Å². The summed E-state index contributed by atoms with van der Waals surface area (Å²) in [7, 11) is 0. The van der Waals surface area contributed by atoms with Gasteiger partial charge >= 0.3 is 0 Å². The van der Waals surface area contributed by atoms with Gasteiger partial charge in [-0.1, -0.05) is 42.8 Å². The first kappa shape index (κ1) is 19.4. The molecule has 0 aliphatic carbocycles. The van der Waals surface area contributed by atoms with Crippen LogP contribution in [0.4, 0.5) is 0 Å². The Balaban J connectivity index is 1.56. The SMILES string of the molecule is CCCOc1ccccc1C(=O)NCCc1csc(-c2ccc(Cl)cc2)n1. The molecule has 0 atom stereocenters. The second-order valence-electron chi connectivity index (χ2n) is 6.00. The summed E-state index contributed by atoms with van der Waals surface area (Å²) in [5.74, 6) is 0.491. The van der Waals surface area contributed by atoms with Crippen LogP contribution in [0.15, 0.2) is 53.9 Å². The first-order valence-electron chi connectivity index (χ1n) is 8.87. The number of thiazole rings is 1. The van der Waals surface area contributed by atoms with E-state index in [1.54, 1.807) is 17.4 Å². The molecule has 27 heavy (non-hydrogen) atoms. The summed E-state index contributed by atoms with van der Waals surface area (Å²) < 4.78 is 5.65. The molecule has 1 aromatic heterocycles. The second-order valence-corrected chi connectivity index (χ2v) is 7.30. The Kier molecular flexibility index (Phi) is 6.85. The van der Waals surface area contributed by atoms with Crippen LogP contribution in [0.1, 0.15) is 29.4 Å². The number of nitrogens with one attached hydrogen (secondary N) is 1. The Morgan fingerprint density at radius 2 is 1.96 bits per heavy atom. The highest BCUT2D eigenvalue weighted by Crippen LogP contribution is 2.25. The Labute approximate surface area is 168 Å². The molecule has 4 nitrogen and oxygen atoms in total. The van der Waals surface area contributed by atoms with Gasteiger partial charge in [0, 0.05) is 28.9 Å². The Hall–Kier alpha value is -2.37. The Morgan fingerprint density at radius 3 is 2.74 bits per heavy atom. The summed E-state index contributed by atoms with van der Waals surface area (Å²) in [5.41, 5.74) is 2.56. The molecule has 6 heteroatoms. The molecule has 0 radical (unpaired) electrons. The highest BCUT2D eigenvalue weighted by Gasteiger charge is 2.12. The molecule has 0 fully saturated rings. The Morgan fingerprint density at radius 1 is 1.19 bits per heavy atom. The normalized spacial score (nSPS) is 10.6. The van der Waals surface area contributed by atoms with Crippen LogP contribution < -0.4 is 10.1 Å². The molecule has 0 spiro atoms. The molecule has 0 aliphatic rings. The van der Waals surface area contributed by atoms with Crippen molar-refractivity contribution in [3.05, 3.63) is 70.2 Å². The topological polar surface area (TPSA) is 51.2 Å². The first-order chi connectivity index (χ1) is 13.2. The lowest BCUT2D eigenvalue weighted by molar-refractivity contribution is 0.0950. The van der Waals surface area contributed by atoms with Gasteiger partial charge in [-0.25, -0.2) is 4.98 Å². The maximum atomic E-state index is 12.5. The van der Waals surface area contributed by atoms with Crippen LogP contribution in [0.2, 0.25) is 5.02 Å². The molecule has 1 N–H and O–H groups in total. The van der Waals surface area contributed by atoms with Crippen molar-refractivity contribution >= 4 is 28.8 Å². The molecule has 0 bridgehead atoms. The molecular formula is C21H21ClN2O2S. The van der Waals surface area contributed by atoms with E-state index < -0.39 is 0 Å². The third-order valence-electron chi connectivity index (χ3n) is 3.90. The third-order valence-corrected chi connectivity index (χ3v) is 5.10. The number of amides is 1. The van der Waals surface area contributed by atoms with Crippen molar-refractivity contribution in [2.75, 3.05) is 13.2 Å². The minimum Gasteiger partial charge on any atom is -0.493 e. The van der Waals surface area contributed by atoms with Gasteiger partial charge in [0.15, 0.2) is 0 Å². The number of para-hydroxylation sites is 1. The first-order valence-corrected chi connectivity index (χ1v) is 10.1. The van der Waals surface area contributed by atoms with Crippen LogP contribution in [0, 0.1) is 0 Å². The van der Waals surface area contributed by atoms with Crippen molar-refractivity contribution in [1.82, 2.24) is 10.3 Å². The molecule has 2 aromatic carbocycles. The van der Waals surface area contributed by atoms with E-state index in [0.29, 0.717) is 35.9 Å². The summed E-state index contributed by atoms with van der Waals surface area (Å²) in [4.78, 5) is 17.1. The predicted octanol–water partition coefficient (Wildman–Crippen LogP) is 5.22. The van der Waals surface area contributed by atoms with Crippen molar-refractivity contribution in [2.24, 2.45) is 0 Å². The zero-order valence-corrected chi connectivity index (χ0v) is 16.6. The largest absolute Gasteiger partial charge is 0.493 e. The number of halogens is 1. The number of hydrogen-bond donors (Lipinski definition) is 1. The van der Waals surface area contributed by atoms with Crippen LogP contribution in [0.5, 0.6) is 5.75 Å². The van der Waals surface area contributed by atoms with Crippen LogP contribution in [0.3, 0.4) is 0 Å². The molecular weight excluding hydrogens is 380 g/mol. The molecule has 1 heterocycles. The van der Waals surface area contributed by atoms with Gasteiger partial charge in [-0.2, -0.15) is 0 Å². The number of ether oxygens (including phenoxy) is 1. The van der Waals surface area contributed by atoms with Gasteiger partial charge < -0.3 is 10.1 Å². The number of carbonyl (C=O) groups is 1. The van der Waals surface area contributed by atoms with Crippen molar-refractivity contribution in [3.8, 4) is 16.3 Å². The summed E-state index contributed by atoms with van der Waals surface area (Å²) >= 11 is 7.51. The number of carbonyl (C=O) groups excluding carboxylic acids is 1. The zero-order chi connectivity index (χ0) is 19.1. The van der Waals surface area contributed by atoms with E-state index in [9.17, 15) is 4.79 Å². The van der Waals surface area contributed by atoms with E-state index in [2.05, 4.69) is 10.3 Å². The third kappa shape index (κ3) is 5.31. The molecule has 0 aliphatic heterocycles. The zero-order valence-electron chi connectivity index (χ0n) is 15.1. The minimum atomic E-state index is -0.130. The quantitative estimate of drug-likeness (QED) is 0.563. The lowest BCUT2D eigenvalue weighted by Gasteiger charge is -2.10. The number of aromatic nitrogens is 1. The molecule has 0 saturated carbocycles. The lowest BCUT2D eigenvalue weighted by Crippen LogP contribution is -2.26. The monoisotopic (exact) mass is 400 g/mol. The fraction of sp³-hybridized carbons (Fsp3) is 0.238. The lowest BCUT2D eigenvalue weighted by atomic mass is 10.2. The number of hydrogen-bond acceptors (Lipinski definition) is 4. The highest BCUT2D eigenvalue weighted by atomic mass is 35.5. The van der Waals surface area contributed by atoms with Gasteiger partial charge in [0.1, 0.15) is 10.8 Å². The summed E-state index contributed by atoms with van der Waals surface area (Å²) in [6, 6.07) is 14.9. The second kappa shape index (κ2) is 9.53. The van der Waals surface area contributed by atoms with Crippen LogP contribution in [-0.4, -0.2) is 24.0 Å². The van der Waals surface area contributed by atoms with Crippen molar-refractivity contribution < 1.29 is 9.53 Å². The van der Waals surface area contributed by atoms with Gasteiger partial charge in [0.25, 0.3) is 5.91 Å². The maximum Gasteiger partial charge on any atom is 0.255 e. The summed E-state index contributed by atoms with van der Waals surface area (Å²) in [6.45, 7) is 3.15. The molecule has 0 unspecified atom stereocenters. The van der Waals surface area contributed by atoms with Gasteiger partial charge in [0.05, 0.1) is 17.9 Å². The van der Waals surface area contributed by atoms with Gasteiger partial charge in [-0.15, -0.1) is 11.3 Å². The van der Waals surface area contributed by atoms with Gasteiger partial charge in [-0.05, 0) is 30.7 Å².